The Morgan fingerprint density at radius 2 is 2.39 bits per heavy atom. The summed E-state index contributed by atoms with van der Waals surface area (Å²) in [5.41, 5.74) is 6.66. The summed E-state index contributed by atoms with van der Waals surface area (Å²) in [6.45, 7) is 3.79. The lowest BCUT2D eigenvalue weighted by Gasteiger charge is -2.33. The van der Waals surface area contributed by atoms with Crippen LogP contribution in [0.2, 0.25) is 5.02 Å². The highest BCUT2D eigenvalue weighted by atomic mass is 35.5. The van der Waals surface area contributed by atoms with Gasteiger partial charge in [0.25, 0.3) is 5.91 Å². The maximum absolute atomic E-state index is 12.4. The summed E-state index contributed by atoms with van der Waals surface area (Å²) in [4.78, 5) is 14.2. The summed E-state index contributed by atoms with van der Waals surface area (Å²) >= 11 is 6.06. The van der Waals surface area contributed by atoms with E-state index in [4.69, 9.17) is 22.1 Å². The Labute approximate surface area is 112 Å². The molecule has 1 heterocycles. The van der Waals surface area contributed by atoms with Crippen LogP contribution in [0.4, 0.5) is 5.69 Å². The molecule has 1 aliphatic rings. The van der Waals surface area contributed by atoms with Crippen molar-refractivity contribution in [2.75, 3.05) is 25.4 Å². The lowest BCUT2D eigenvalue weighted by molar-refractivity contribution is -0.0225. The monoisotopic (exact) mass is 268 g/mol. The molecule has 0 saturated carbocycles. The first-order valence-corrected chi connectivity index (χ1v) is 6.46. The fourth-order valence-corrected chi connectivity index (χ4v) is 2.34. The number of ether oxygens (including phenoxy) is 1. The zero-order chi connectivity index (χ0) is 13.1. The molecular weight excluding hydrogens is 252 g/mol. The molecule has 0 spiro atoms. The van der Waals surface area contributed by atoms with Crippen LogP contribution in [0.5, 0.6) is 0 Å². The van der Waals surface area contributed by atoms with E-state index in [9.17, 15) is 4.79 Å². The van der Waals surface area contributed by atoms with Gasteiger partial charge in [0.05, 0.1) is 23.3 Å². The normalized spacial score (nSPS) is 19.9. The van der Waals surface area contributed by atoms with Gasteiger partial charge in [0, 0.05) is 18.8 Å². The number of carbonyl (C=O) groups excluding carboxylic acids is 1. The zero-order valence-corrected chi connectivity index (χ0v) is 11.1. The Morgan fingerprint density at radius 3 is 3.06 bits per heavy atom. The smallest absolute Gasteiger partial charge is 0.257 e. The van der Waals surface area contributed by atoms with Crippen molar-refractivity contribution in [3.63, 3.8) is 0 Å². The molecule has 1 amide bonds. The average Bonchev–Trinajstić information content (AvgIpc) is 2.38. The molecule has 1 fully saturated rings. The van der Waals surface area contributed by atoms with Crippen molar-refractivity contribution in [1.82, 2.24) is 4.90 Å². The third kappa shape index (κ3) is 2.60. The van der Waals surface area contributed by atoms with Crippen molar-refractivity contribution in [3.8, 4) is 0 Å². The maximum Gasteiger partial charge on any atom is 0.257 e. The number of hydrogen-bond donors (Lipinski definition) is 1. The van der Waals surface area contributed by atoms with Gasteiger partial charge in [0.15, 0.2) is 0 Å². The zero-order valence-electron chi connectivity index (χ0n) is 10.4. The summed E-state index contributed by atoms with van der Waals surface area (Å²) in [6, 6.07) is 5.11. The third-order valence-electron chi connectivity index (χ3n) is 3.14. The van der Waals surface area contributed by atoms with Crippen LogP contribution in [-0.2, 0) is 4.74 Å². The number of carbonyl (C=O) groups is 1. The Kier molecular flexibility index (Phi) is 4.09. The topological polar surface area (TPSA) is 55.6 Å². The van der Waals surface area contributed by atoms with E-state index in [2.05, 4.69) is 0 Å². The second kappa shape index (κ2) is 5.59. The molecule has 0 aliphatic carbocycles. The molecule has 0 aromatic heterocycles. The second-order valence-electron chi connectivity index (χ2n) is 4.36. The van der Waals surface area contributed by atoms with Gasteiger partial charge in [-0.05, 0) is 18.6 Å². The van der Waals surface area contributed by atoms with Crippen molar-refractivity contribution in [2.24, 2.45) is 0 Å². The van der Waals surface area contributed by atoms with Gasteiger partial charge >= 0.3 is 0 Å². The number of nitrogens with two attached hydrogens (primary N) is 1. The van der Waals surface area contributed by atoms with Gasteiger partial charge in [-0.25, -0.2) is 0 Å². The van der Waals surface area contributed by atoms with Crippen LogP contribution in [0, 0.1) is 0 Å². The standard InChI is InChI=1S/C13H17ClN2O2/c1-2-9-8-16(6-7-18-9)13(17)12-10(14)4-3-5-11(12)15/h3-5,9H,2,6-8,15H2,1H3. The van der Waals surface area contributed by atoms with Crippen LogP contribution >= 0.6 is 11.6 Å². The number of halogens is 1. The molecule has 98 valence electrons. The average molecular weight is 269 g/mol. The lowest BCUT2D eigenvalue weighted by atomic mass is 10.1. The first-order chi connectivity index (χ1) is 8.63. The number of benzene rings is 1. The number of nitrogens with zero attached hydrogens (tertiary/aromatic N) is 1. The van der Waals surface area contributed by atoms with Gasteiger partial charge in [0.2, 0.25) is 0 Å². The van der Waals surface area contributed by atoms with Gasteiger partial charge in [-0.15, -0.1) is 0 Å². The summed E-state index contributed by atoms with van der Waals surface area (Å²) in [7, 11) is 0. The molecule has 0 radical (unpaired) electrons. The highest BCUT2D eigenvalue weighted by Gasteiger charge is 2.26. The number of rotatable bonds is 2. The number of morpholine rings is 1. The Bertz CT molecular complexity index is 430. The first-order valence-electron chi connectivity index (χ1n) is 6.08. The van der Waals surface area contributed by atoms with Crippen molar-refractivity contribution >= 4 is 23.2 Å². The number of amides is 1. The molecule has 18 heavy (non-hydrogen) atoms. The molecule has 5 heteroatoms. The molecule has 1 unspecified atom stereocenters. The molecule has 1 saturated heterocycles. The molecule has 4 nitrogen and oxygen atoms in total. The summed E-state index contributed by atoms with van der Waals surface area (Å²) in [5, 5.41) is 0.402. The highest BCUT2D eigenvalue weighted by Crippen LogP contribution is 2.24. The summed E-state index contributed by atoms with van der Waals surface area (Å²) in [6.07, 6.45) is 0.994. The minimum absolute atomic E-state index is 0.103. The predicted molar refractivity (Wildman–Crippen MR) is 71.8 cm³/mol. The molecular formula is C13H17ClN2O2. The molecule has 1 aliphatic heterocycles. The van der Waals surface area contributed by atoms with Crippen molar-refractivity contribution in [3.05, 3.63) is 28.8 Å². The van der Waals surface area contributed by atoms with E-state index in [1.807, 2.05) is 6.92 Å². The quantitative estimate of drug-likeness (QED) is 0.837. The fraction of sp³-hybridized carbons (Fsp3) is 0.462. The van der Waals surface area contributed by atoms with Gasteiger partial charge < -0.3 is 15.4 Å². The largest absolute Gasteiger partial charge is 0.398 e. The minimum atomic E-state index is -0.111. The van der Waals surface area contributed by atoms with Crippen LogP contribution in [0.25, 0.3) is 0 Å². The predicted octanol–water partition coefficient (Wildman–Crippen LogP) is 2.17. The van der Waals surface area contributed by atoms with Gasteiger partial charge in [-0.1, -0.05) is 24.6 Å². The molecule has 1 atom stereocenters. The van der Waals surface area contributed by atoms with E-state index < -0.39 is 0 Å². The van der Waals surface area contributed by atoms with E-state index >= 15 is 0 Å². The maximum atomic E-state index is 12.4. The highest BCUT2D eigenvalue weighted by molar-refractivity contribution is 6.34. The van der Waals surface area contributed by atoms with E-state index in [0.717, 1.165) is 6.42 Å². The number of nitrogen functional groups attached to an aromatic ring is 1. The number of hydrogen-bond acceptors (Lipinski definition) is 3. The second-order valence-corrected chi connectivity index (χ2v) is 4.76. The number of anilines is 1. The van der Waals surface area contributed by atoms with Gasteiger partial charge in [-0.2, -0.15) is 0 Å². The first kappa shape index (κ1) is 13.2. The van der Waals surface area contributed by atoms with Gasteiger partial charge in [0.1, 0.15) is 0 Å². The molecule has 1 aromatic rings. The Morgan fingerprint density at radius 1 is 1.61 bits per heavy atom. The van der Waals surface area contributed by atoms with E-state index in [0.29, 0.717) is 36.0 Å². The van der Waals surface area contributed by atoms with Crippen LogP contribution in [0.3, 0.4) is 0 Å². The molecule has 2 N–H and O–H groups in total. The van der Waals surface area contributed by atoms with Crippen LogP contribution in [-0.4, -0.2) is 36.6 Å². The van der Waals surface area contributed by atoms with Gasteiger partial charge in [-0.3, -0.25) is 4.79 Å². The van der Waals surface area contributed by atoms with E-state index in [1.165, 1.54) is 0 Å². The van der Waals surface area contributed by atoms with Crippen molar-refractivity contribution in [1.29, 1.82) is 0 Å². The SMILES string of the molecule is CCC1CN(C(=O)c2c(N)cccc2Cl)CCO1. The van der Waals surface area contributed by atoms with Crippen LogP contribution < -0.4 is 5.73 Å². The lowest BCUT2D eigenvalue weighted by Crippen LogP contribution is -2.45. The third-order valence-corrected chi connectivity index (χ3v) is 3.46. The van der Waals surface area contributed by atoms with E-state index in [1.54, 1.807) is 23.1 Å². The van der Waals surface area contributed by atoms with Crippen LogP contribution in [0.1, 0.15) is 23.7 Å². The Hall–Kier alpha value is -1.26. The van der Waals surface area contributed by atoms with Crippen molar-refractivity contribution in [2.45, 2.75) is 19.4 Å². The summed E-state index contributed by atoms with van der Waals surface area (Å²) in [5.74, 6) is -0.111. The van der Waals surface area contributed by atoms with Crippen LogP contribution in [0.15, 0.2) is 18.2 Å². The Balaban J connectivity index is 2.20. The minimum Gasteiger partial charge on any atom is -0.398 e. The molecule has 0 bridgehead atoms. The van der Waals surface area contributed by atoms with E-state index in [-0.39, 0.29) is 12.0 Å². The summed E-state index contributed by atoms with van der Waals surface area (Å²) < 4.78 is 5.55. The fourth-order valence-electron chi connectivity index (χ4n) is 2.08. The molecule has 1 aromatic carbocycles. The molecule has 2 rings (SSSR count). The van der Waals surface area contributed by atoms with Crippen molar-refractivity contribution < 1.29 is 9.53 Å².